The molecular weight excluding hydrogens is 278 g/mol. The van der Waals surface area contributed by atoms with Gasteiger partial charge in [0.15, 0.2) is 5.13 Å². The van der Waals surface area contributed by atoms with Crippen LogP contribution < -0.4 is 5.32 Å². The van der Waals surface area contributed by atoms with Crippen molar-refractivity contribution in [1.29, 1.82) is 0 Å². The fourth-order valence-electron chi connectivity index (χ4n) is 1.18. The van der Waals surface area contributed by atoms with Crippen LogP contribution in [0.15, 0.2) is 34.7 Å². The van der Waals surface area contributed by atoms with Gasteiger partial charge >= 0.3 is 0 Å². The Bertz CT molecular complexity index is 546. The van der Waals surface area contributed by atoms with Crippen LogP contribution in [0.4, 0.5) is 13.9 Å². The van der Waals surface area contributed by atoms with E-state index >= 15 is 0 Å². The third-order valence-corrected chi connectivity index (χ3v) is 3.67. The largest absolute Gasteiger partial charge is 0.301 e. The van der Waals surface area contributed by atoms with E-state index < -0.39 is 11.6 Å². The molecule has 0 bridgehead atoms. The first-order chi connectivity index (χ1) is 8.65. The number of anilines is 1. The minimum Gasteiger partial charge on any atom is -0.301 e. The van der Waals surface area contributed by atoms with Crippen molar-refractivity contribution in [2.75, 3.05) is 11.1 Å². The molecule has 0 aliphatic rings. The van der Waals surface area contributed by atoms with Gasteiger partial charge in [0, 0.05) is 22.5 Å². The summed E-state index contributed by atoms with van der Waals surface area (Å²) in [6, 6.07) is 3.26. The summed E-state index contributed by atoms with van der Waals surface area (Å²) in [6.07, 6.45) is 1.58. The second-order valence-corrected chi connectivity index (χ2v) is 5.16. The van der Waals surface area contributed by atoms with Crippen molar-refractivity contribution in [3.05, 3.63) is 41.4 Å². The number of thioether (sulfide) groups is 1. The third-order valence-electron chi connectivity index (χ3n) is 1.93. The summed E-state index contributed by atoms with van der Waals surface area (Å²) in [7, 11) is 0. The summed E-state index contributed by atoms with van der Waals surface area (Å²) in [5.74, 6) is -1.54. The number of halogens is 2. The van der Waals surface area contributed by atoms with Crippen LogP contribution in [-0.2, 0) is 4.79 Å². The SMILES string of the molecule is O=C(CSc1ccc(F)cc1F)Nc1nccs1. The van der Waals surface area contributed by atoms with Gasteiger partial charge in [-0.2, -0.15) is 0 Å². The second kappa shape index (κ2) is 5.92. The molecule has 0 radical (unpaired) electrons. The smallest absolute Gasteiger partial charge is 0.236 e. The van der Waals surface area contributed by atoms with Crippen molar-refractivity contribution in [2.24, 2.45) is 0 Å². The van der Waals surface area contributed by atoms with Crippen LogP contribution in [-0.4, -0.2) is 16.6 Å². The predicted octanol–water partition coefficient (Wildman–Crippen LogP) is 3.15. The highest BCUT2D eigenvalue weighted by Gasteiger charge is 2.08. The first kappa shape index (κ1) is 13.0. The molecule has 1 amide bonds. The van der Waals surface area contributed by atoms with E-state index in [9.17, 15) is 13.6 Å². The zero-order valence-corrected chi connectivity index (χ0v) is 10.7. The Balaban J connectivity index is 1.89. The van der Waals surface area contributed by atoms with Gasteiger partial charge in [0.1, 0.15) is 11.6 Å². The van der Waals surface area contributed by atoms with E-state index in [0.29, 0.717) is 5.13 Å². The Hall–Kier alpha value is -1.47. The van der Waals surface area contributed by atoms with Crippen molar-refractivity contribution in [1.82, 2.24) is 4.98 Å². The van der Waals surface area contributed by atoms with Crippen LogP contribution >= 0.6 is 23.1 Å². The summed E-state index contributed by atoms with van der Waals surface area (Å²) in [4.78, 5) is 15.6. The van der Waals surface area contributed by atoms with Gasteiger partial charge in [0.05, 0.1) is 5.75 Å². The van der Waals surface area contributed by atoms with Crippen molar-refractivity contribution in [2.45, 2.75) is 4.90 Å². The molecule has 3 nitrogen and oxygen atoms in total. The van der Waals surface area contributed by atoms with Gasteiger partial charge in [-0.15, -0.1) is 23.1 Å². The lowest BCUT2D eigenvalue weighted by Gasteiger charge is -2.03. The number of hydrogen-bond acceptors (Lipinski definition) is 4. The molecule has 1 aromatic heterocycles. The highest BCUT2D eigenvalue weighted by molar-refractivity contribution is 8.00. The maximum absolute atomic E-state index is 13.3. The molecule has 7 heteroatoms. The normalized spacial score (nSPS) is 10.3. The number of carbonyl (C=O) groups is 1. The van der Waals surface area contributed by atoms with Crippen LogP contribution in [0.25, 0.3) is 0 Å². The van der Waals surface area contributed by atoms with E-state index in [1.165, 1.54) is 17.4 Å². The zero-order chi connectivity index (χ0) is 13.0. The van der Waals surface area contributed by atoms with Crippen LogP contribution in [0, 0.1) is 11.6 Å². The summed E-state index contributed by atoms with van der Waals surface area (Å²) in [6.45, 7) is 0. The predicted molar refractivity (Wildman–Crippen MR) is 67.8 cm³/mol. The number of benzene rings is 1. The maximum atomic E-state index is 13.3. The molecule has 2 aromatic rings. The number of hydrogen-bond donors (Lipinski definition) is 1. The maximum Gasteiger partial charge on any atom is 0.236 e. The number of nitrogens with zero attached hydrogens (tertiary/aromatic N) is 1. The number of rotatable bonds is 4. The number of aromatic nitrogens is 1. The molecule has 1 aromatic carbocycles. The zero-order valence-electron chi connectivity index (χ0n) is 9.02. The molecular formula is C11H8F2N2OS2. The summed E-state index contributed by atoms with van der Waals surface area (Å²) < 4.78 is 25.9. The lowest BCUT2D eigenvalue weighted by atomic mass is 10.3. The Kier molecular flexibility index (Phi) is 4.27. The van der Waals surface area contributed by atoms with Crippen molar-refractivity contribution < 1.29 is 13.6 Å². The van der Waals surface area contributed by atoms with Crippen LogP contribution in [0.3, 0.4) is 0 Å². The molecule has 0 saturated heterocycles. The standard InChI is InChI=1S/C11H8F2N2OS2/c12-7-1-2-9(8(13)5-7)18-6-10(16)15-11-14-3-4-17-11/h1-5H,6H2,(H,14,15,16). The molecule has 18 heavy (non-hydrogen) atoms. The molecule has 0 unspecified atom stereocenters. The second-order valence-electron chi connectivity index (χ2n) is 3.25. The number of amides is 1. The summed E-state index contributed by atoms with van der Waals surface area (Å²) >= 11 is 2.31. The fourth-order valence-corrected chi connectivity index (χ4v) is 2.44. The van der Waals surface area contributed by atoms with E-state index in [1.807, 2.05) is 0 Å². The van der Waals surface area contributed by atoms with E-state index in [0.717, 1.165) is 23.9 Å². The van der Waals surface area contributed by atoms with Crippen LogP contribution in [0.1, 0.15) is 0 Å². The molecule has 0 aliphatic heterocycles. The van der Waals surface area contributed by atoms with Gasteiger partial charge < -0.3 is 5.32 Å². The van der Waals surface area contributed by atoms with Crippen LogP contribution in [0.2, 0.25) is 0 Å². The van der Waals surface area contributed by atoms with Crippen molar-refractivity contribution in [3.63, 3.8) is 0 Å². The van der Waals surface area contributed by atoms with E-state index in [2.05, 4.69) is 10.3 Å². The van der Waals surface area contributed by atoms with E-state index in [4.69, 9.17) is 0 Å². The van der Waals surface area contributed by atoms with Crippen molar-refractivity contribution >= 4 is 34.1 Å². The monoisotopic (exact) mass is 286 g/mol. The molecule has 2 rings (SSSR count). The van der Waals surface area contributed by atoms with Crippen molar-refractivity contribution in [3.8, 4) is 0 Å². The molecule has 0 spiro atoms. The topological polar surface area (TPSA) is 42.0 Å². The van der Waals surface area contributed by atoms with Gasteiger partial charge in [-0.25, -0.2) is 13.8 Å². The molecule has 1 heterocycles. The number of thiazole rings is 1. The first-order valence-electron chi connectivity index (χ1n) is 4.92. The molecule has 0 saturated carbocycles. The van der Waals surface area contributed by atoms with Gasteiger partial charge in [0.2, 0.25) is 5.91 Å². The third kappa shape index (κ3) is 3.51. The van der Waals surface area contributed by atoms with Gasteiger partial charge in [-0.05, 0) is 12.1 Å². The van der Waals surface area contributed by atoms with Crippen LogP contribution in [0.5, 0.6) is 0 Å². The van der Waals surface area contributed by atoms with E-state index in [1.54, 1.807) is 11.6 Å². The highest BCUT2D eigenvalue weighted by Crippen LogP contribution is 2.22. The van der Waals surface area contributed by atoms with Gasteiger partial charge in [-0.3, -0.25) is 4.79 Å². The average Bonchev–Trinajstić information content (AvgIpc) is 2.80. The lowest BCUT2D eigenvalue weighted by Crippen LogP contribution is -2.13. The average molecular weight is 286 g/mol. The molecule has 0 atom stereocenters. The lowest BCUT2D eigenvalue weighted by molar-refractivity contribution is -0.113. The Morgan fingerprint density at radius 3 is 2.94 bits per heavy atom. The molecule has 0 aliphatic carbocycles. The summed E-state index contributed by atoms with van der Waals surface area (Å²) in [5.41, 5.74) is 0. The quantitative estimate of drug-likeness (QED) is 0.878. The minimum atomic E-state index is -0.665. The van der Waals surface area contributed by atoms with E-state index in [-0.39, 0.29) is 16.6 Å². The number of carbonyl (C=O) groups excluding carboxylic acids is 1. The fraction of sp³-hybridized carbons (Fsp3) is 0.0909. The highest BCUT2D eigenvalue weighted by atomic mass is 32.2. The first-order valence-corrected chi connectivity index (χ1v) is 6.79. The van der Waals surface area contributed by atoms with Gasteiger partial charge in [0.25, 0.3) is 0 Å². The van der Waals surface area contributed by atoms with Gasteiger partial charge in [-0.1, -0.05) is 0 Å². The Labute approximate surface area is 110 Å². The number of nitrogens with one attached hydrogen (secondary N) is 1. The molecule has 94 valence electrons. The molecule has 0 fully saturated rings. The Morgan fingerprint density at radius 2 is 2.28 bits per heavy atom. The molecule has 1 N–H and O–H groups in total. The Morgan fingerprint density at radius 1 is 1.44 bits per heavy atom. The minimum absolute atomic E-state index is 0.0438. The summed E-state index contributed by atoms with van der Waals surface area (Å²) in [5, 5.41) is 4.81.